The molecule has 2 heterocycles. The Bertz CT molecular complexity index is 1030. The second-order valence-electron chi connectivity index (χ2n) is 5.66. The number of nitrogens with zero attached hydrogens (tertiary/aromatic N) is 2. The Kier molecular flexibility index (Phi) is 7.77. The monoisotopic (exact) mass is 466 g/mol. The number of Topliss-reactive ketones (excluding diaryl/α,β-unsaturated/α-hetero) is 1. The van der Waals surface area contributed by atoms with E-state index in [2.05, 4.69) is 14.9 Å². The van der Waals surface area contributed by atoms with E-state index < -0.39 is 5.97 Å². The second-order valence-corrected chi connectivity index (χ2v) is 9.08. The molecule has 30 heavy (non-hydrogen) atoms. The predicted molar refractivity (Wildman–Crippen MR) is 114 cm³/mol. The van der Waals surface area contributed by atoms with Gasteiger partial charge in [0.15, 0.2) is 14.5 Å². The number of hydrogen-bond donors (Lipinski definition) is 0. The van der Waals surface area contributed by atoms with Crippen LogP contribution in [0, 0.1) is 0 Å². The van der Waals surface area contributed by atoms with E-state index in [0.717, 1.165) is 4.34 Å². The molecule has 3 rings (SSSR count). The van der Waals surface area contributed by atoms with Gasteiger partial charge in [-0.1, -0.05) is 34.9 Å². The van der Waals surface area contributed by atoms with Crippen molar-refractivity contribution in [2.24, 2.45) is 0 Å². The summed E-state index contributed by atoms with van der Waals surface area (Å²) < 4.78 is 21.9. The standard InChI is InChI=1S/C19H18N2O6S3/c1-24-11-4-6-15(25-2)13(8-11)14(22)10-29-19-21-20-18(30-19)28-9-12-5-7-16(27-12)17(23)26-3/h4-8H,9-10H2,1-3H3. The molecule has 8 nitrogen and oxygen atoms in total. The third-order valence-corrected chi connectivity index (χ3v) is 7.02. The van der Waals surface area contributed by atoms with Gasteiger partial charge in [-0.2, -0.15) is 0 Å². The minimum atomic E-state index is -0.516. The molecule has 0 saturated heterocycles. The number of carbonyl (C=O) groups is 2. The Hall–Kier alpha value is -2.50. The zero-order chi connectivity index (χ0) is 21.5. The van der Waals surface area contributed by atoms with Crippen LogP contribution in [-0.4, -0.2) is 49.0 Å². The molecule has 0 N–H and O–H groups in total. The van der Waals surface area contributed by atoms with Gasteiger partial charge in [0, 0.05) is 0 Å². The molecule has 0 saturated carbocycles. The summed E-state index contributed by atoms with van der Waals surface area (Å²) in [5.41, 5.74) is 0.461. The quantitative estimate of drug-likeness (QED) is 0.245. The van der Waals surface area contributed by atoms with Gasteiger partial charge in [0.2, 0.25) is 5.76 Å². The average Bonchev–Trinajstić information content (AvgIpc) is 3.44. The van der Waals surface area contributed by atoms with E-state index in [4.69, 9.17) is 13.9 Å². The fraction of sp³-hybridized carbons (Fsp3) is 0.263. The molecule has 0 unspecified atom stereocenters. The molecule has 2 aromatic heterocycles. The summed E-state index contributed by atoms with van der Waals surface area (Å²) in [4.78, 5) is 24.0. The van der Waals surface area contributed by atoms with Gasteiger partial charge in [-0.05, 0) is 30.3 Å². The smallest absolute Gasteiger partial charge is 0.373 e. The minimum Gasteiger partial charge on any atom is -0.497 e. The maximum absolute atomic E-state index is 12.6. The van der Waals surface area contributed by atoms with Gasteiger partial charge in [-0.25, -0.2) is 4.79 Å². The van der Waals surface area contributed by atoms with Crippen molar-refractivity contribution in [2.45, 2.75) is 14.4 Å². The number of carbonyl (C=O) groups excluding carboxylic acids is 2. The number of aromatic nitrogens is 2. The van der Waals surface area contributed by atoms with Crippen LogP contribution in [-0.2, 0) is 10.5 Å². The van der Waals surface area contributed by atoms with E-state index >= 15 is 0 Å². The lowest BCUT2D eigenvalue weighted by Gasteiger charge is -2.09. The number of benzene rings is 1. The third kappa shape index (κ3) is 5.55. The highest BCUT2D eigenvalue weighted by atomic mass is 32.2. The molecule has 0 aliphatic carbocycles. The van der Waals surface area contributed by atoms with Crippen molar-refractivity contribution in [1.82, 2.24) is 10.2 Å². The Morgan fingerprint density at radius 1 is 1.03 bits per heavy atom. The van der Waals surface area contributed by atoms with Crippen molar-refractivity contribution < 1.29 is 28.2 Å². The van der Waals surface area contributed by atoms with Gasteiger partial charge >= 0.3 is 5.97 Å². The summed E-state index contributed by atoms with van der Waals surface area (Å²) in [5, 5.41) is 8.24. The zero-order valence-corrected chi connectivity index (χ0v) is 18.8. The molecule has 11 heteroatoms. The summed E-state index contributed by atoms with van der Waals surface area (Å²) in [7, 11) is 4.37. The summed E-state index contributed by atoms with van der Waals surface area (Å²) >= 11 is 4.13. The molecule has 0 spiro atoms. The van der Waals surface area contributed by atoms with Gasteiger partial charge in [0.05, 0.1) is 38.4 Å². The molecule has 158 valence electrons. The van der Waals surface area contributed by atoms with Crippen LogP contribution in [0.25, 0.3) is 0 Å². The second kappa shape index (κ2) is 10.5. The Balaban J connectivity index is 1.55. The zero-order valence-electron chi connectivity index (χ0n) is 16.4. The molecule has 0 aliphatic rings. The molecule has 1 aromatic carbocycles. The topological polar surface area (TPSA) is 101 Å². The fourth-order valence-electron chi connectivity index (χ4n) is 2.35. The molecule has 0 bridgehead atoms. The molecule has 0 atom stereocenters. The summed E-state index contributed by atoms with van der Waals surface area (Å²) in [5.74, 6) is 1.97. The van der Waals surface area contributed by atoms with E-state index in [9.17, 15) is 9.59 Å². The highest BCUT2D eigenvalue weighted by Crippen LogP contribution is 2.32. The molecule has 3 aromatic rings. The number of hydrogen-bond acceptors (Lipinski definition) is 11. The first kappa shape index (κ1) is 22.2. The number of rotatable bonds is 10. The van der Waals surface area contributed by atoms with E-state index in [0.29, 0.717) is 32.9 Å². The SMILES string of the molecule is COC(=O)c1ccc(CSc2nnc(SCC(=O)c3cc(OC)ccc3OC)s2)o1. The van der Waals surface area contributed by atoms with Gasteiger partial charge in [0.25, 0.3) is 0 Å². The average molecular weight is 467 g/mol. The summed E-state index contributed by atoms with van der Waals surface area (Å²) in [6.45, 7) is 0. The first-order valence-corrected chi connectivity index (χ1v) is 11.3. The first-order valence-electron chi connectivity index (χ1n) is 8.55. The van der Waals surface area contributed by atoms with Gasteiger partial charge < -0.3 is 18.6 Å². The number of ketones is 1. The fourth-order valence-corrected chi connectivity index (χ4v) is 5.15. The predicted octanol–water partition coefficient (Wildman–Crippen LogP) is 4.20. The molecule has 0 amide bonds. The van der Waals surface area contributed by atoms with Crippen molar-refractivity contribution in [1.29, 1.82) is 0 Å². The molecule has 0 fully saturated rings. The number of esters is 1. The van der Waals surface area contributed by atoms with Crippen LogP contribution in [0.5, 0.6) is 11.5 Å². The van der Waals surface area contributed by atoms with Crippen LogP contribution in [0.4, 0.5) is 0 Å². The van der Waals surface area contributed by atoms with Crippen LogP contribution >= 0.6 is 34.9 Å². The van der Waals surface area contributed by atoms with Crippen molar-refractivity contribution in [3.8, 4) is 11.5 Å². The maximum atomic E-state index is 12.6. The first-order chi connectivity index (χ1) is 14.5. The van der Waals surface area contributed by atoms with Crippen LogP contribution in [0.1, 0.15) is 26.7 Å². The maximum Gasteiger partial charge on any atom is 0.373 e. The Morgan fingerprint density at radius 3 is 2.50 bits per heavy atom. The lowest BCUT2D eigenvalue weighted by atomic mass is 10.1. The van der Waals surface area contributed by atoms with Crippen LogP contribution in [0.2, 0.25) is 0 Å². The van der Waals surface area contributed by atoms with Gasteiger partial charge in [-0.15, -0.1) is 10.2 Å². The third-order valence-electron chi connectivity index (χ3n) is 3.81. The lowest BCUT2D eigenvalue weighted by molar-refractivity contribution is 0.0563. The molecular formula is C19H18N2O6S3. The number of thioether (sulfide) groups is 2. The van der Waals surface area contributed by atoms with Crippen molar-refractivity contribution in [3.63, 3.8) is 0 Å². The molecule has 0 aliphatic heterocycles. The number of furan rings is 1. The van der Waals surface area contributed by atoms with Gasteiger partial charge in [-0.3, -0.25) is 4.79 Å². The van der Waals surface area contributed by atoms with Crippen molar-refractivity contribution in [2.75, 3.05) is 27.1 Å². The van der Waals surface area contributed by atoms with Crippen LogP contribution in [0.15, 0.2) is 43.4 Å². The highest BCUT2D eigenvalue weighted by molar-refractivity contribution is 8.03. The van der Waals surface area contributed by atoms with Crippen LogP contribution < -0.4 is 9.47 Å². The van der Waals surface area contributed by atoms with Crippen molar-refractivity contribution >= 4 is 46.6 Å². The van der Waals surface area contributed by atoms with E-state index in [-0.39, 0.29) is 17.3 Å². The number of ether oxygens (including phenoxy) is 3. The summed E-state index contributed by atoms with van der Waals surface area (Å²) in [6.07, 6.45) is 0. The molecule has 0 radical (unpaired) electrons. The normalized spacial score (nSPS) is 10.6. The minimum absolute atomic E-state index is 0.0916. The van der Waals surface area contributed by atoms with E-state index in [1.165, 1.54) is 49.1 Å². The van der Waals surface area contributed by atoms with Crippen LogP contribution in [0.3, 0.4) is 0 Å². The largest absolute Gasteiger partial charge is 0.497 e. The molecular weight excluding hydrogens is 448 g/mol. The van der Waals surface area contributed by atoms with E-state index in [1.54, 1.807) is 37.4 Å². The summed E-state index contributed by atoms with van der Waals surface area (Å²) in [6, 6.07) is 8.40. The highest BCUT2D eigenvalue weighted by Gasteiger charge is 2.16. The Morgan fingerprint density at radius 2 is 1.80 bits per heavy atom. The van der Waals surface area contributed by atoms with Crippen molar-refractivity contribution in [3.05, 3.63) is 47.4 Å². The van der Waals surface area contributed by atoms with Gasteiger partial charge in [0.1, 0.15) is 17.3 Å². The number of methoxy groups -OCH3 is 3. The Labute approximate surface area is 185 Å². The van der Waals surface area contributed by atoms with E-state index in [1.807, 2.05) is 0 Å². The lowest BCUT2D eigenvalue weighted by Crippen LogP contribution is -2.05.